The number of aromatic nitrogens is 3. The van der Waals surface area contributed by atoms with Crippen LogP contribution in [0.25, 0.3) is 0 Å². The van der Waals surface area contributed by atoms with Crippen LogP contribution in [0.1, 0.15) is 43.7 Å². The van der Waals surface area contributed by atoms with E-state index in [2.05, 4.69) is 10.2 Å². The van der Waals surface area contributed by atoms with Gasteiger partial charge in [-0.05, 0) is 31.7 Å². The van der Waals surface area contributed by atoms with E-state index < -0.39 is 21.7 Å². The molecular weight excluding hydrogens is 400 g/mol. The van der Waals surface area contributed by atoms with E-state index in [1.165, 1.54) is 10.4 Å². The summed E-state index contributed by atoms with van der Waals surface area (Å²) in [6.07, 6.45) is 7.09. The maximum atomic E-state index is 14.8. The lowest BCUT2D eigenvalue weighted by molar-refractivity contribution is 0.390. The Hall–Kier alpha value is -2.07. The van der Waals surface area contributed by atoms with Crippen LogP contribution in [-0.2, 0) is 16.6 Å². The van der Waals surface area contributed by atoms with Gasteiger partial charge in [-0.3, -0.25) is 0 Å². The van der Waals surface area contributed by atoms with Crippen molar-refractivity contribution < 1.29 is 17.2 Å². The standard InChI is InChI=1S/C19H25F2N5O2S/c20-17-11-19(24-7-4-16(5-8-24)25-13-22-23-14-25)18(21)10-15(17)12-26-6-2-1-3-9-29(26,27)28/h10-11,13-14,16H,1-9,12H2. The number of rotatable bonds is 4. The zero-order valence-corrected chi connectivity index (χ0v) is 17.0. The van der Waals surface area contributed by atoms with E-state index in [0.717, 1.165) is 31.7 Å². The quantitative estimate of drug-likeness (QED) is 0.753. The summed E-state index contributed by atoms with van der Waals surface area (Å²) >= 11 is 0. The van der Waals surface area contributed by atoms with Crippen LogP contribution in [0.3, 0.4) is 0 Å². The fraction of sp³-hybridized carbons (Fsp3) is 0.579. The Balaban J connectivity index is 1.47. The molecule has 7 nitrogen and oxygen atoms in total. The molecule has 0 unspecified atom stereocenters. The zero-order valence-electron chi connectivity index (χ0n) is 16.2. The molecule has 2 fully saturated rings. The molecule has 2 aliphatic heterocycles. The first kappa shape index (κ1) is 20.2. The molecule has 0 saturated carbocycles. The summed E-state index contributed by atoms with van der Waals surface area (Å²) in [6, 6.07) is 2.60. The Bertz CT molecular complexity index is 944. The van der Waals surface area contributed by atoms with Gasteiger partial charge in [-0.2, -0.15) is 4.31 Å². The second-order valence-corrected chi connectivity index (χ2v) is 9.82. The van der Waals surface area contributed by atoms with E-state index in [1.54, 1.807) is 12.7 Å². The van der Waals surface area contributed by atoms with Gasteiger partial charge < -0.3 is 9.47 Å². The minimum absolute atomic E-state index is 0.0660. The third kappa shape index (κ3) is 4.42. The topological polar surface area (TPSA) is 71.3 Å². The lowest BCUT2D eigenvalue weighted by Crippen LogP contribution is -2.35. The van der Waals surface area contributed by atoms with E-state index in [1.807, 2.05) is 9.47 Å². The van der Waals surface area contributed by atoms with Crippen LogP contribution in [0.2, 0.25) is 0 Å². The average molecular weight is 426 g/mol. The van der Waals surface area contributed by atoms with E-state index in [0.29, 0.717) is 26.1 Å². The van der Waals surface area contributed by atoms with E-state index >= 15 is 0 Å². The van der Waals surface area contributed by atoms with E-state index in [-0.39, 0.29) is 29.6 Å². The van der Waals surface area contributed by atoms with Crippen LogP contribution in [0.5, 0.6) is 0 Å². The van der Waals surface area contributed by atoms with Crippen LogP contribution in [0, 0.1) is 11.6 Å². The van der Waals surface area contributed by atoms with Gasteiger partial charge >= 0.3 is 0 Å². The van der Waals surface area contributed by atoms with Crippen molar-refractivity contribution in [3.63, 3.8) is 0 Å². The average Bonchev–Trinajstić information content (AvgIpc) is 3.18. The molecule has 0 atom stereocenters. The molecule has 2 saturated heterocycles. The number of anilines is 1. The largest absolute Gasteiger partial charge is 0.369 e. The second-order valence-electron chi connectivity index (χ2n) is 7.73. The van der Waals surface area contributed by atoms with Crippen LogP contribution >= 0.6 is 0 Å². The molecule has 2 aromatic rings. The van der Waals surface area contributed by atoms with Gasteiger partial charge in [0.15, 0.2) is 0 Å². The molecular formula is C19H25F2N5O2S. The van der Waals surface area contributed by atoms with Crippen molar-refractivity contribution in [3.05, 3.63) is 42.0 Å². The summed E-state index contributed by atoms with van der Waals surface area (Å²) in [6.45, 7) is 1.42. The van der Waals surface area contributed by atoms with Crippen molar-refractivity contribution in [3.8, 4) is 0 Å². The molecule has 1 aromatic heterocycles. The number of nitrogens with zero attached hydrogens (tertiary/aromatic N) is 5. The normalized spacial score (nSPS) is 21.2. The predicted molar refractivity (Wildman–Crippen MR) is 105 cm³/mol. The number of benzene rings is 1. The molecule has 2 aliphatic rings. The number of hydrogen-bond donors (Lipinski definition) is 0. The summed E-state index contributed by atoms with van der Waals surface area (Å²) in [4.78, 5) is 1.84. The van der Waals surface area contributed by atoms with Crippen LogP contribution < -0.4 is 4.90 Å². The van der Waals surface area contributed by atoms with Crippen molar-refractivity contribution in [2.45, 2.75) is 44.7 Å². The summed E-state index contributed by atoms with van der Waals surface area (Å²) in [5.41, 5.74) is 0.309. The van der Waals surface area contributed by atoms with Gasteiger partial charge in [-0.1, -0.05) is 6.42 Å². The van der Waals surface area contributed by atoms with Gasteiger partial charge in [0.1, 0.15) is 24.3 Å². The SMILES string of the molecule is O=S1(=O)CCCCCN1Cc1cc(F)c(N2CCC(n3cnnc3)CC2)cc1F. The van der Waals surface area contributed by atoms with Crippen molar-refractivity contribution in [1.29, 1.82) is 0 Å². The molecule has 158 valence electrons. The summed E-state index contributed by atoms with van der Waals surface area (Å²) < 4.78 is 57.5. The van der Waals surface area contributed by atoms with Crippen molar-refractivity contribution in [1.82, 2.24) is 19.1 Å². The van der Waals surface area contributed by atoms with Gasteiger partial charge in [0, 0.05) is 43.9 Å². The van der Waals surface area contributed by atoms with Crippen molar-refractivity contribution >= 4 is 15.7 Å². The fourth-order valence-corrected chi connectivity index (χ4v) is 5.70. The van der Waals surface area contributed by atoms with Gasteiger partial charge in [0.2, 0.25) is 10.0 Å². The smallest absolute Gasteiger partial charge is 0.214 e. The summed E-state index contributed by atoms with van der Waals surface area (Å²) in [5, 5.41) is 7.63. The van der Waals surface area contributed by atoms with Crippen LogP contribution in [0.4, 0.5) is 14.5 Å². The highest BCUT2D eigenvalue weighted by atomic mass is 32.2. The zero-order chi connectivity index (χ0) is 20.4. The first-order chi connectivity index (χ1) is 13.9. The molecule has 0 N–H and O–H groups in total. The lowest BCUT2D eigenvalue weighted by Gasteiger charge is -2.34. The first-order valence-corrected chi connectivity index (χ1v) is 11.6. The molecule has 0 bridgehead atoms. The molecule has 10 heteroatoms. The number of sulfonamides is 1. The Morgan fingerprint density at radius 3 is 2.41 bits per heavy atom. The third-order valence-corrected chi connectivity index (χ3v) is 7.73. The molecule has 0 spiro atoms. The second kappa shape index (κ2) is 8.35. The highest BCUT2D eigenvalue weighted by molar-refractivity contribution is 7.89. The number of halogens is 2. The number of hydrogen-bond acceptors (Lipinski definition) is 5. The summed E-state index contributed by atoms with van der Waals surface area (Å²) in [5.74, 6) is -1.02. The Kier molecular flexibility index (Phi) is 5.82. The highest BCUT2D eigenvalue weighted by Crippen LogP contribution is 2.30. The minimum Gasteiger partial charge on any atom is -0.369 e. The fourth-order valence-electron chi connectivity index (χ4n) is 4.13. The minimum atomic E-state index is -3.42. The van der Waals surface area contributed by atoms with Gasteiger partial charge in [-0.15, -0.1) is 10.2 Å². The highest BCUT2D eigenvalue weighted by Gasteiger charge is 2.27. The van der Waals surface area contributed by atoms with Crippen LogP contribution in [0.15, 0.2) is 24.8 Å². The van der Waals surface area contributed by atoms with Gasteiger partial charge in [0.05, 0.1) is 11.4 Å². The maximum absolute atomic E-state index is 14.8. The van der Waals surface area contributed by atoms with Gasteiger partial charge in [-0.25, -0.2) is 17.2 Å². The summed E-state index contributed by atoms with van der Waals surface area (Å²) in [7, 11) is -3.42. The third-order valence-electron chi connectivity index (χ3n) is 5.83. The Morgan fingerprint density at radius 1 is 0.966 bits per heavy atom. The predicted octanol–water partition coefficient (Wildman–Crippen LogP) is 2.71. The van der Waals surface area contributed by atoms with Crippen molar-refractivity contribution in [2.24, 2.45) is 0 Å². The molecule has 29 heavy (non-hydrogen) atoms. The number of piperidine rings is 1. The van der Waals surface area contributed by atoms with E-state index in [9.17, 15) is 17.2 Å². The molecule has 0 amide bonds. The molecule has 4 rings (SSSR count). The Labute approximate surface area is 169 Å². The monoisotopic (exact) mass is 425 g/mol. The Morgan fingerprint density at radius 2 is 1.69 bits per heavy atom. The molecule has 3 heterocycles. The first-order valence-electron chi connectivity index (χ1n) is 9.99. The maximum Gasteiger partial charge on any atom is 0.214 e. The van der Waals surface area contributed by atoms with E-state index in [4.69, 9.17) is 0 Å². The lowest BCUT2D eigenvalue weighted by atomic mass is 10.0. The van der Waals surface area contributed by atoms with Crippen LogP contribution in [-0.4, -0.2) is 52.9 Å². The molecule has 0 radical (unpaired) electrons. The molecule has 1 aromatic carbocycles. The molecule has 0 aliphatic carbocycles. The van der Waals surface area contributed by atoms with Crippen molar-refractivity contribution in [2.75, 3.05) is 30.3 Å². The van der Waals surface area contributed by atoms with Gasteiger partial charge in [0.25, 0.3) is 0 Å².